The molecule has 0 saturated carbocycles. The molecular formula is C11H20N2OS. The molecule has 1 aliphatic carbocycles. The van der Waals surface area contributed by atoms with Crippen LogP contribution in [-0.2, 0) is 4.79 Å². The summed E-state index contributed by atoms with van der Waals surface area (Å²) in [5, 5.41) is 3.00. The predicted molar refractivity (Wildman–Crippen MR) is 65.9 cm³/mol. The molecule has 0 heterocycles. The summed E-state index contributed by atoms with van der Waals surface area (Å²) < 4.78 is 0. The van der Waals surface area contributed by atoms with E-state index < -0.39 is 0 Å². The Labute approximate surface area is 95.9 Å². The Balaban J connectivity index is 2.24. The van der Waals surface area contributed by atoms with Crippen molar-refractivity contribution in [1.82, 2.24) is 5.32 Å². The summed E-state index contributed by atoms with van der Waals surface area (Å²) in [4.78, 5) is 11.6. The number of carbonyl (C=O) groups excluding carboxylic acids is 1. The molecular weight excluding hydrogens is 208 g/mol. The number of amides is 1. The van der Waals surface area contributed by atoms with Gasteiger partial charge in [0.25, 0.3) is 0 Å². The van der Waals surface area contributed by atoms with Gasteiger partial charge in [0.2, 0.25) is 5.91 Å². The van der Waals surface area contributed by atoms with Gasteiger partial charge in [-0.3, -0.25) is 4.79 Å². The molecule has 86 valence electrons. The van der Waals surface area contributed by atoms with E-state index in [0.29, 0.717) is 6.04 Å². The molecule has 3 N–H and O–H groups in total. The molecule has 2 atom stereocenters. The quantitative estimate of drug-likeness (QED) is 0.697. The Bertz CT molecular complexity index is 231. The van der Waals surface area contributed by atoms with Crippen molar-refractivity contribution in [3.8, 4) is 0 Å². The number of hydrogen-bond donors (Lipinski definition) is 2. The average Bonchev–Trinajstić information content (AvgIpc) is 2.27. The minimum Gasteiger partial charge on any atom is -0.352 e. The number of nitrogens with two attached hydrogens (primary N) is 1. The number of carbonyl (C=O) groups is 1. The van der Waals surface area contributed by atoms with E-state index in [1.54, 1.807) is 11.8 Å². The molecule has 0 aliphatic heterocycles. The molecule has 1 unspecified atom stereocenters. The zero-order chi connectivity index (χ0) is 11.1. The molecule has 1 aliphatic rings. The average molecular weight is 228 g/mol. The lowest BCUT2D eigenvalue weighted by molar-refractivity contribution is -0.123. The molecule has 0 aromatic heterocycles. The van der Waals surface area contributed by atoms with E-state index >= 15 is 0 Å². The first-order chi connectivity index (χ1) is 7.24. The summed E-state index contributed by atoms with van der Waals surface area (Å²) in [7, 11) is 0. The second-order valence-corrected chi connectivity index (χ2v) is 4.86. The smallest absolute Gasteiger partial charge is 0.237 e. The fourth-order valence-corrected chi connectivity index (χ4v) is 2.10. The number of thioether (sulfide) groups is 1. The fraction of sp³-hybridized carbons (Fsp3) is 0.727. The zero-order valence-electron chi connectivity index (χ0n) is 9.24. The Kier molecular flexibility index (Phi) is 5.79. The highest BCUT2D eigenvalue weighted by Gasteiger charge is 2.17. The highest BCUT2D eigenvalue weighted by molar-refractivity contribution is 7.98. The minimum absolute atomic E-state index is 0.00403. The van der Waals surface area contributed by atoms with Gasteiger partial charge in [-0.05, 0) is 37.7 Å². The predicted octanol–water partition coefficient (Wildman–Crippen LogP) is 1.29. The van der Waals surface area contributed by atoms with E-state index in [4.69, 9.17) is 5.73 Å². The van der Waals surface area contributed by atoms with Crippen molar-refractivity contribution < 1.29 is 4.79 Å². The van der Waals surface area contributed by atoms with Crippen LogP contribution >= 0.6 is 11.8 Å². The largest absolute Gasteiger partial charge is 0.352 e. The molecule has 0 saturated heterocycles. The third kappa shape index (κ3) is 4.71. The van der Waals surface area contributed by atoms with Gasteiger partial charge in [0.1, 0.15) is 0 Å². The highest BCUT2D eigenvalue weighted by Crippen LogP contribution is 2.10. The Morgan fingerprint density at radius 1 is 1.67 bits per heavy atom. The van der Waals surface area contributed by atoms with Crippen LogP contribution < -0.4 is 11.1 Å². The van der Waals surface area contributed by atoms with Gasteiger partial charge in [-0.25, -0.2) is 0 Å². The fourth-order valence-electron chi connectivity index (χ4n) is 1.61. The Hall–Kier alpha value is -0.480. The molecule has 0 radical (unpaired) electrons. The van der Waals surface area contributed by atoms with Gasteiger partial charge in [-0.2, -0.15) is 11.8 Å². The van der Waals surface area contributed by atoms with Crippen LogP contribution in [0.4, 0.5) is 0 Å². The summed E-state index contributed by atoms with van der Waals surface area (Å²) in [6.07, 6.45) is 10.1. The van der Waals surface area contributed by atoms with Gasteiger partial charge in [-0.15, -0.1) is 0 Å². The van der Waals surface area contributed by atoms with Crippen LogP contribution in [0.1, 0.15) is 25.7 Å². The first kappa shape index (κ1) is 12.6. The van der Waals surface area contributed by atoms with Gasteiger partial charge in [0.15, 0.2) is 0 Å². The molecule has 0 bridgehead atoms. The maximum absolute atomic E-state index is 11.6. The number of rotatable bonds is 5. The van der Waals surface area contributed by atoms with Crippen molar-refractivity contribution >= 4 is 17.7 Å². The van der Waals surface area contributed by atoms with Crippen LogP contribution in [0, 0.1) is 0 Å². The molecule has 0 aromatic rings. The zero-order valence-corrected chi connectivity index (χ0v) is 10.1. The van der Waals surface area contributed by atoms with Crippen molar-refractivity contribution in [2.24, 2.45) is 5.73 Å². The Morgan fingerprint density at radius 2 is 2.47 bits per heavy atom. The monoisotopic (exact) mass is 228 g/mol. The SMILES string of the molecule is CSCC[C@H](N)C(=O)NC1CC=CCC1. The normalized spacial score (nSPS) is 22.4. The molecule has 1 rings (SSSR count). The van der Waals surface area contributed by atoms with Crippen LogP contribution in [0.2, 0.25) is 0 Å². The second-order valence-electron chi connectivity index (χ2n) is 3.88. The summed E-state index contributed by atoms with van der Waals surface area (Å²) in [5.74, 6) is 0.948. The second kappa shape index (κ2) is 6.90. The van der Waals surface area contributed by atoms with Crippen molar-refractivity contribution in [1.29, 1.82) is 0 Å². The summed E-state index contributed by atoms with van der Waals surface area (Å²) in [5.41, 5.74) is 5.78. The molecule has 0 spiro atoms. The van der Waals surface area contributed by atoms with E-state index in [9.17, 15) is 4.79 Å². The van der Waals surface area contributed by atoms with E-state index in [-0.39, 0.29) is 11.9 Å². The molecule has 1 amide bonds. The number of allylic oxidation sites excluding steroid dienone is 1. The van der Waals surface area contributed by atoms with E-state index in [0.717, 1.165) is 31.4 Å². The van der Waals surface area contributed by atoms with Gasteiger partial charge >= 0.3 is 0 Å². The van der Waals surface area contributed by atoms with Gasteiger partial charge < -0.3 is 11.1 Å². The van der Waals surface area contributed by atoms with Crippen molar-refractivity contribution in [2.75, 3.05) is 12.0 Å². The lowest BCUT2D eigenvalue weighted by Gasteiger charge is -2.21. The lowest BCUT2D eigenvalue weighted by Crippen LogP contribution is -2.45. The molecule has 4 heteroatoms. The highest BCUT2D eigenvalue weighted by atomic mass is 32.2. The third-order valence-corrected chi connectivity index (χ3v) is 3.23. The lowest BCUT2D eigenvalue weighted by atomic mass is 10.0. The summed E-state index contributed by atoms with van der Waals surface area (Å²) >= 11 is 1.72. The number of nitrogens with one attached hydrogen (secondary N) is 1. The van der Waals surface area contributed by atoms with Crippen molar-refractivity contribution in [3.63, 3.8) is 0 Å². The van der Waals surface area contributed by atoms with Gasteiger partial charge in [0, 0.05) is 6.04 Å². The van der Waals surface area contributed by atoms with Crippen LogP contribution in [0.5, 0.6) is 0 Å². The van der Waals surface area contributed by atoms with E-state index in [1.807, 2.05) is 6.26 Å². The van der Waals surface area contributed by atoms with E-state index in [2.05, 4.69) is 17.5 Å². The Morgan fingerprint density at radius 3 is 3.07 bits per heavy atom. The molecule has 3 nitrogen and oxygen atoms in total. The summed E-state index contributed by atoms with van der Waals surface area (Å²) in [6, 6.07) is -0.0498. The minimum atomic E-state index is -0.344. The standard InChI is InChI=1S/C11H20N2OS/c1-15-8-7-10(12)11(14)13-9-5-3-2-4-6-9/h2-3,9-10H,4-8,12H2,1H3,(H,13,14)/t9?,10-/m0/s1. The van der Waals surface area contributed by atoms with Crippen LogP contribution in [-0.4, -0.2) is 30.0 Å². The first-order valence-corrected chi connectivity index (χ1v) is 6.83. The van der Waals surface area contributed by atoms with Gasteiger partial charge in [-0.1, -0.05) is 12.2 Å². The summed E-state index contributed by atoms with van der Waals surface area (Å²) in [6.45, 7) is 0. The molecule has 15 heavy (non-hydrogen) atoms. The van der Waals surface area contributed by atoms with Crippen LogP contribution in [0.15, 0.2) is 12.2 Å². The van der Waals surface area contributed by atoms with Crippen molar-refractivity contribution in [3.05, 3.63) is 12.2 Å². The maximum atomic E-state index is 11.6. The van der Waals surface area contributed by atoms with Crippen LogP contribution in [0.3, 0.4) is 0 Å². The maximum Gasteiger partial charge on any atom is 0.237 e. The third-order valence-electron chi connectivity index (χ3n) is 2.59. The molecule has 0 fully saturated rings. The topological polar surface area (TPSA) is 55.1 Å². The van der Waals surface area contributed by atoms with Gasteiger partial charge in [0.05, 0.1) is 6.04 Å². The van der Waals surface area contributed by atoms with E-state index in [1.165, 1.54) is 0 Å². The first-order valence-electron chi connectivity index (χ1n) is 5.44. The number of hydrogen-bond acceptors (Lipinski definition) is 3. The van der Waals surface area contributed by atoms with Crippen molar-refractivity contribution in [2.45, 2.75) is 37.8 Å². The molecule has 0 aromatic carbocycles. The van der Waals surface area contributed by atoms with Crippen LogP contribution in [0.25, 0.3) is 0 Å².